The zero-order valence-electron chi connectivity index (χ0n) is 10.3. The molecule has 1 aromatic rings. The van der Waals surface area contributed by atoms with Crippen LogP contribution in [0.5, 0.6) is 0 Å². The second kappa shape index (κ2) is 5.48. The molecule has 2 fully saturated rings. The van der Waals surface area contributed by atoms with Gasteiger partial charge in [0.25, 0.3) is 5.22 Å². The summed E-state index contributed by atoms with van der Waals surface area (Å²) in [6.07, 6.45) is 2.24. The Morgan fingerprint density at radius 1 is 1.58 bits per heavy atom. The first-order chi connectivity index (χ1) is 9.22. The van der Waals surface area contributed by atoms with Crippen molar-refractivity contribution in [1.82, 2.24) is 15.0 Å². The number of fused-ring (bicyclic) bond motifs is 1. The maximum atomic E-state index is 10.5. The molecule has 8 heteroatoms. The molecule has 0 aliphatic carbocycles. The maximum absolute atomic E-state index is 10.5. The molecule has 2 unspecified atom stereocenters. The largest absolute Gasteiger partial charge is 0.481 e. The molecule has 7 nitrogen and oxygen atoms in total. The van der Waals surface area contributed by atoms with Crippen molar-refractivity contribution in [2.45, 2.75) is 30.2 Å². The summed E-state index contributed by atoms with van der Waals surface area (Å²) in [7, 11) is 0. The molecule has 3 rings (SSSR count). The second-order valence-corrected chi connectivity index (χ2v) is 5.64. The lowest BCUT2D eigenvalue weighted by Crippen LogP contribution is -2.42. The number of rotatable bonds is 4. The smallest absolute Gasteiger partial charge is 0.314 e. The number of morpholine rings is 1. The number of hydrogen-bond donors (Lipinski definition) is 1. The molecule has 1 N–H and O–H groups in total. The van der Waals surface area contributed by atoms with Crippen molar-refractivity contribution in [3.8, 4) is 0 Å². The van der Waals surface area contributed by atoms with E-state index in [1.807, 2.05) is 0 Å². The van der Waals surface area contributed by atoms with Crippen molar-refractivity contribution in [3.05, 3.63) is 5.82 Å². The van der Waals surface area contributed by atoms with Crippen LogP contribution < -0.4 is 0 Å². The van der Waals surface area contributed by atoms with Crippen LogP contribution in [0.3, 0.4) is 0 Å². The highest BCUT2D eigenvalue weighted by Gasteiger charge is 2.34. The van der Waals surface area contributed by atoms with E-state index in [0.717, 1.165) is 24.9 Å². The van der Waals surface area contributed by atoms with Gasteiger partial charge in [-0.25, -0.2) is 0 Å². The molecule has 0 aromatic carbocycles. The van der Waals surface area contributed by atoms with Crippen LogP contribution in [0.25, 0.3) is 0 Å². The number of nitrogens with zero attached hydrogens (tertiary/aromatic N) is 3. The highest BCUT2D eigenvalue weighted by Crippen LogP contribution is 2.29. The molecular weight excluding hydrogens is 270 g/mol. The van der Waals surface area contributed by atoms with Gasteiger partial charge in [0.1, 0.15) is 11.9 Å². The first-order valence-electron chi connectivity index (χ1n) is 6.26. The summed E-state index contributed by atoms with van der Waals surface area (Å²) in [6, 6.07) is 0.531. The predicted molar refractivity (Wildman–Crippen MR) is 65.9 cm³/mol. The Hall–Kier alpha value is -1.12. The van der Waals surface area contributed by atoms with Crippen molar-refractivity contribution in [1.29, 1.82) is 0 Å². The van der Waals surface area contributed by atoms with Gasteiger partial charge in [0.2, 0.25) is 5.82 Å². The quantitative estimate of drug-likeness (QED) is 0.812. The van der Waals surface area contributed by atoms with Gasteiger partial charge in [-0.3, -0.25) is 9.69 Å². The van der Waals surface area contributed by atoms with Crippen LogP contribution in [0.1, 0.15) is 24.8 Å². The third-order valence-electron chi connectivity index (χ3n) is 3.42. The Balaban J connectivity index is 1.61. The summed E-state index contributed by atoms with van der Waals surface area (Å²) in [5.41, 5.74) is 0. The van der Waals surface area contributed by atoms with E-state index in [9.17, 15) is 4.79 Å². The van der Waals surface area contributed by atoms with Gasteiger partial charge < -0.3 is 14.4 Å². The summed E-state index contributed by atoms with van der Waals surface area (Å²) in [6.45, 7) is 2.59. The Labute approximate surface area is 114 Å². The van der Waals surface area contributed by atoms with Gasteiger partial charge in [0.15, 0.2) is 0 Å². The normalized spacial score (nSPS) is 27.4. The first kappa shape index (κ1) is 12.9. The van der Waals surface area contributed by atoms with E-state index in [-0.39, 0.29) is 17.1 Å². The van der Waals surface area contributed by atoms with Gasteiger partial charge in [-0.1, -0.05) is 16.9 Å². The van der Waals surface area contributed by atoms with Gasteiger partial charge in [0, 0.05) is 12.6 Å². The van der Waals surface area contributed by atoms with Crippen LogP contribution in [-0.4, -0.2) is 57.6 Å². The van der Waals surface area contributed by atoms with E-state index < -0.39 is 5.97 Å². The summed E-state index contributed by atoms with van der Waals surface area (Å²) in [5, 5.41) is 12.8. The molecule has 0 bridgehead atoms. The summed E-state index contributed by atoms with van der Waals surface area (Å²) in [4.78, 5) is 17.1. The first-order valence-corrected chi connectivity index (χ1v) is 7.25. The lowest BCUT2D eigenvalue weighted by Gasteiger charge is -2.33. The molecule has 0 radical (unpaired) electrons. The summed E-state index contributed by atoms with van der Waals surface area (Å²) < 4.78 is 10.8. The number of ether oxygens (including phenoxy) is 1. The molecule has 0 saturated carbocycles. The molecule has 2 saturated heterocycles. The molecule has 104 valence electrons. The molecular formula is C11H15N3O4S. The minimum absolute atomic E-state index is 0.0820. The zero-order chi connectivity index (χ0) is 13.2. The predicted octanol–water partition coefficient (Wildman–Crippen LogP) is 0.782. The summed E-state index contributed by atoms with van der Waals surface area (Å²) >= 11 is 1.02. The fraction of sp³-hybridized carbons (Fsp3) is 0.727. The number of carboxylic acids is 1. The Morgan fingerprint density at radius 2 is 2.47 bits per heavy atom. The van der Waals surface area contributed by atoms with Gasteiger partial charge in [-0.05, 0) is 19.4 Å². The van der Waals surface area contributed by atoms with Crippen molar-refractivity contribution < 1.29 is 19.2 Å². The Morgan fingerprint density at radius 3 is 3.32 bits per heavy atom. The Bertz CT molecular complexity index is 467. The van der Waals surface area contributed by atoms with Gasteiger partial charge in [-0.2, -0.15) is 4.98 Å². The van der Waals surface area contributed by atoms with Crippen LogP contribution >= 0.6 is 11.8 Å². The summed E-state index contributed by atoms with van der Waals surface area (Å²) in [5.74, 6) is -0.474. The number of aliphatic carboxylic acids is 1. The number of aromatic nitrogens is 2. The lowest BCUT2D eigenvalue weighted by molar-refractivity contribution is -0.133. The molecule has 0 amide bonds. The lowest BCUT2D eigenvalue weighted by atomic mass is 10.2. The highest BCUT2D eigenvalue weighted by atomic mass is 32.2. The molecule has 2 aliphatic heterocycles. The van der Waals surface area contributed by atoms with E-state index in [1.165, 1.54) is 12.8 Å². The third kappa shape index (κ3) is 2.90. The monoisotopic (exact) mass is 285 g/mol. The number of carbonyl (C=O) groups is 1. The fourth-order valence-electron chi connectivity index (χ4n) is 2.51. The molecule has 2 atom stereocenters. The average molecular weight is 285 g/mol. The number of carboxylic acid groups (broad SMARTS) is 1. The average Bonchev–Trinajstić information content (AvgIpc) is 3.04. The van der Waals surface area contributed by atoms with Crippen LogP contribution in [0.4, 0.5) is 0 Å². The second-order valence-electron chi connectivity index (χ2n) is 4.71. The van der Waals surface area contributed by atoms with Crippen molar-refractivity contribution >= 4 is 17.7 Å². The molecule has 19 heavy (non-hydrogen) atoms. The Kier molecular flexibility index (Phi) is 3.72. The topological polar surface area (TPSA) is 88.7 Å². The minimum atomic E-state index is -0.904. The van der Waals surface area contributed by atoms with Gasteiger partial charge >= 0.3 is 5.97 Å². The van der Waals surface area contributed by atoms with Crippen LogP contribution in [0, 0.1) is 0 Å². The van der Waals surface area contributed by atoms with Gasteiger partial charge in [-0.15, -0.1) is 0 Å². The molecule has 1 aromatic heterocycles. The van der Waals surface area contributed by atoms with E-state index in [0.29, 0.717) is 18.5 Å². The van der Waals surface area contributed by atoms with Crippen molar-refractivity contribution in [3.63, 3.8) is 0 Å². The molecule has 0 spiro atoms. The van der Waals surface area contributed by atoms with E-state index in [2.05, 4.69) is 15.0 Å². The van der Waals surface area contributed by atoms with Gasteiger partial charge in [0.05, 0.1) is 6.61 Å². The number of hydrogen-bond acceptors (Lipinski definition) is 7. The number of thioether (sulfide) groups is 1. The maximum Gasteiger partial charge on any atom is 0.314 e. The van der Waals surface area contributed by atoms with E-state index >= 15 is 0 Å². The minimum Gasteiger partial charge on any atom is -0.481 e. The highest BCUT2D eigenvalue weighted by molar-refractivity contribution is 7.99. The van der Waals surface area contributed by atoms with Crippen LogP contribution in [-0.2, 0) is 9.53 Å². The van der Waals surface area contributed by atoms with E-state index in [4.69, 9.17) is 14.4 Å². The fourth-order valence-corrected chi connectivity index (χ4v) is 3.00. The zero-order valence-corrected chi connectivity index (χ0v) is 11.1. The van der Waals surface area contributed by atoms with Crippen molar-refractivity contribution in [2.75, 3.05) is 25.4 Å². The SMILES string of the molecule is O=C(O)CSc1nc(C2CN3CCCC3CO2)no1. The molecule has 2 aliphatic rings. The van der Waals surface area contributed by atoms with Crippen molar-refractivity contribution in [2.24, 2.45) is 0 Å². The third-order valence-corrected chi connectivity index (χ3v) is 4.22. The van der Waals surface area contributed by atoms with Crippen LogP contribution in [0.15, 0.2) is 9.75 Å². The van der Waals surface area contributed by atoms with E-state index in [1.54, 1.807) is 0 Å². The molecule has 3 heterocycles. The van der Waals surface area contributed by atoms with Crippen LogP contribution in [0.2, 0.25) is 0 Å². The standard InChI is InChI=1S/C11H15N3O4S/c15-9(16)6-19-11-12-10(13-18-11)8-4-14-3-1-2-7(14)5-17-8/h7-8H,1-6H2,(H,15,16).